The van der Waals surface area contributed by atoms with E-state index in [1.165, 1.54) is 36.8 Å². The molecular weight excluding hydrogens is 192 g/mol. The molecule has 0 aromatic heterocycles. The van der Waals surface area contributed by atoms with Crippen molar-refractivity contribution in [3.63, 3.8) is 0 Å². The van der Waals surface area contributed by atoms with E-state index >= 15 is 0 Å². The Bertz CT molecular complexity index is 359. The SMILES string of the molecule is C=CCC1CCCCC=C1c1ccccc1. The molecule has 0 aliphatic heterocycles. The highest BCUT2D eigenvalue weighted by atomic mass is 14.2. The van der Waals surface area contributed by atoms with Gasteiger partial charge in [0.25, 0.3) is 0 Å². The Morgan fingerprint density at radius 2 is 2.00 bits per heavy atom. The average Bonchev–Trinajstić information content (AvgIpc) is 2.56. The second-order valence-electron chi connectivity index (χ2n) is 4.53. The lowest BCUT2D eigenvalue weighted by atomic mass is 9.87. The van der Waals surface area contributed by atoms with Crippen molar-refractivity contribution in [3.8, 4) is 0 Å². The maximum atomic E-state index is 3.89. The van der Waals surface area contributed by atoms with E-state index in [0.717, 1.165) is 6.42 Å². The van der Waals surface area contributed by atoms with Crippen LogP contribution in [0.1, 0.15) is 37.7 Å². The first-order valence-electron chi connectivity index (χ1n) is 6.28. The molecule has 0 radical (unpaired) electrons. The molecule has 0 fully saturated rings. The zero-order valence-electron chi connectivity index (χ0n) is 9.86. The van der Waals surface area contributed by atoms with E-state index in [-0.39, 0.29) is 0 Å². The first-order chi connectivity index (χ1) is 7.92. The van der Waals surface area contributed by atoms with Crippen molar-refractivity contribution < 1.29 is 0 Å². The van der Waals surface area contributed by atoms with Gasteiger partial charge in [-0.25, -0.2) is 0 Å². The average molecular weight is 212 g/mol. The predicted molar refractivity (Wildman–Crippen MR) is 71.2 cm³/mol. The molecule has 16 heavy (non-hydrogen) atoms. The summed E-state index contributed by atoms with van der Waals surface area (Å²) in [6.45, 7) is 3.89. The minimum absolute atomic E-state index is 0.683. The van der Waals surface area contributed by atoms with Crippen LogP contribution in [0.25, 0.3) is 5.57 Å². The van der Waals surface area contributed by atoms with Gasteiger partial charge < -0.3 is 0 Å². The Kier molecular flexibility index (Phi) is 3.98. The van der Waals surface area contributed by atoms with Crippen molar-refractivity contribution in [1.82, 2.24) is 0 Å². The number of hydrogen-bond donors (Lipinski definition) is 0. The van der Waals surface area contributed by atoms with Crippen LogP contribution < -0.4 is 0 Å². The van der Waals surface area contributed by atoms with E-state index in [4.69, 9.17) is 0 Å². The summed E-state index contributed by atoms with van der Waals surface area (Å²) >= 11 is 0. The molecule has 1 aliphatic rings. The number of allylic oxidation sites excluding steroid dienone is 3. The molecule has 1 aromatic rings. The van der Waals surface area contributed by atoms with Crippen LogP contribution in [0.3, 0.4) is 0 Å². The topological polar surface area (TPSA) is 0 Å². The minimum Gasteiger partial charge on any atom is -0.103 e. The summed E-state index contributed by atoms with van der Waals surface area (Å²) in [5.41, 5.74) is 2.94. The van der Waals surface area contributed by atoms with E-state index in [1.54, 1.807) is 0 Å². The first-order valence-corrected chi connectivity index (χ1v) is 6.28. The van der Waals surface area contributed by atoms with Crippen LogP contribution in [-0.4, -0.2) is 0 Å². The van der Waals surface area contributed by atoms with Gasteiger partial charge in [-0.1, -0.05) is 48.9 Å². The van der Waals surface area contributed by atoms with Crippen LogP contribution in [0.5, 0.6) is 0 Å². The number of hydrogen-bond acceptors (Lipinski definition) is 0. The molecule has 84 valence electrons. The molecule has 0 amide bonds. The summed E-state index contributed by atoms with van der Waals surface area (Å²) in [5.74, 6) is 0.683. The Labute approximate surface area is 98.7 Å². The Balaban J connectivity index is 2.26. The lowest BCUT2D eigenvalue weighted by Gasteiger charge is -2.17. The van der Waals surface area contributed by atoms with Crippen LogP contribution in [0, 0.1) is 5.92 Å². The fourth-order valence-electron chi connectivity index (χ4n) is 2.54. The van der Waals surface area contributed by atoms with Gasteiger partial charge in [0, 0.05) is 0 Å². The maximum Gasteiger partial charge on any atom is -0.0125 e. The van der Waals surface area contributed by atoms with Crippen molar-refractivity contribution in [2.75, 3.05) is 0 Å². The molecule has 1 aromatic carbocycles. The molecule has 0 bridgehead atoms. The fourth-order valence-corrected chi connectivity index (χ4v) is 2.54. The second kappa shape index (κ2) is 5.69. The molecule has 0 nitrogen and oxygen atoms in total. The van der Waals surface area contributed by atoms with Crippen molar-refractivity contribution in [3.05, 3.63) is 54.6 Å². The smallest absolute Gasteiger partial charge is 0.0125 e. The second-order valence-corrected chi connectivity index (χ2v) is 4.53. The zero-order chi connectivity index (χ0) is 11.2. The summed E-state index contributed by atoms with van der Waals surface area (Å²) in [6, 6.07) is 10.8. The van der Waals surface area contributed by atoms with Crippen molar-refractivity contribution in [2.45, 2.75) is 32.1 Å². The summed E-state index contributed by atoms with van der Waals surface area (Å²) in [4.78, 5) is 0. The summed E-state index contributed by atoms with van der Waals surface area (Å²) in [6.07, 6.45) is 10.9. The molecule has 1 unspecified atom stereocenters. The highest BCUT2D eigenvalue weighted by Crippen LogP contribution is 2.33. The van der Waals surface area contributed by atoms with Crippen molar-refractivity contribution >= 4 is 5.57 Å². The van der Waals surface area contributed by atoms with Gasteiger partial charge in [0.05, 0.1) is 0 Å². The summed E-state index contributed by atoms with van der Waals surface area (Å²) in [7, 11) is 0. The van der Waals surface area contributed by atoms with E-state index in [1.807, 2.05) is 0 Å². The van der Waals surface area contributed by atoms with E-state index in [9.17, 15) is 0 Å². The van der Waals surface area contributed by atoms with Crippen LogP contribution in [0.4, 0.5) is 0 Å². The van der Waals surface area contributed by atoms with Crippen molar-refractivity contribution in [2.24, 2.45) is 5.92 Å². The fraction of sp³-hybridized carbons (Fsp3) is 0.375. The van der Waals surface area contributed by atoms with Crippen LogP contribution in [0.15, 0.2) is 49.1 Å². The van der Waals surface area contributed by atoms with E-state index in [0.29, 0.717) is 5.92 Å². The van der Waals surface area contributed by atoms with Gasteiger partial charge >= 0.3 is 0 Å². The molecule has 1 atom stereocenters. The largest absolute Gasteiger partial charge is 0.103 e. The van der Waals surface area contributed by atoms with Gasteiger partial charge in [-0.15, -0.1) is 6.58 Å². The van der Waals surface area contributed by atoms with Crippen LogP contribution in [-0.2, 0) is 0 Å². The van der Waals surface area contributed by atoms with Gasteiger partial charge in [-0.3, -0.25) is 0 Å². The Hall–Kier alpha value is -1.30. The normalized spacial score (nSPS) is 21.0. The van der Waals surface area contributed by atoms with Gasteiger partial charge in [0.2, 0.25) is 0 Å². The lowest BCUT2D eigenvalue weighted by molar-refractivity contribution is 0.580. The first kappa shape index (κ1) is 11.2. The molecule has 0 saturated heterocycles. The zero-order valence-corrected chi connectivity index (χ0v) is 9.86. The predicted octanol–water partition coefficient (Wildman–Crippen LogP) is 4.84. The molecule has 1 aliphatic carbocycles. The van der Waals surface area contributed by atoms with E-state index < -0.39 is 0 Å². The molecule has 0 N–H and O–H groups in total. The Morgan fingerprint density at radius 1 is 1.19 bits per heavy atom. The maximum absolute atomic E-state index is 3.89. The molecule has 2 rings (SSSR count). The molecule has 0 heteroatoms. The van der Waals surface area contributed by atoms with Gasteiger partial charge in [0.15, 0.2) is 0 Å². The highest BCUT2D eigenvalue weighted by Gasteiger charge is 2.16. The van der Waals surface area contributed by atoms with E-state index in [2.05, 4.69) is 49.1 Å². The highest BCUT2D eigenvalue weighted by molar-refractivity contribution is 5.67. The standard InChI is InChI=1S/C16H20/c1-2-9-14-10-7-4-8-13-16(14)15-11-5-3-6-12-15/h2-3,5-6,11-14H,1,4,7-10H2. The van der Waals surface area contributed by atoms with Crippen LogP contribution in [0.2, 0.25) is 0 Å². The molecular formula is C16H20. The third kappa shape index (κ3) is 2.63. The van der Waals surface area contributed by atoms with Gasteiger partial charge in [-0.2, -0.15) is 0 Å². The monoisotopic (exact) mass is 212 g/mol. The Morgan fingerprint density at radius 3 is 2.75 bits per heavy atom. The summed E-state index contributed by atoms with van der Waals surface area (Å²) in [5, 5.41) is 0. The third-order valence-electron chi connectivity index (χ3n) is 3.37. The van der Waals surface area contributed by atoms with Crippen LogP contribution >= 0.6 is 0 Å². The summed E-state index contributed by atoms with van der Waals surface area (Å²) < 4.78 is 0. The number of benzene rings is 1. The lowest BCUT2D eigenvalue weighted by Crippen LogP contribution is -2.01. The molecule has 0 saturated carbocycles. The van der Waals surface area contributed by atoms with Crippen molar-refractivity contribution in [1.29, 1.82) is 0 Å². The minimum atomic E-state index is 0.683. The molecule has 0 spiro atoms. The van der Waals surface area contributed by atoms with Gasteiger partial charge in [0.1, 0.15) is 0 Å². The third-order valence-corrected chi connectivity index (χ3v) is 3.37. The molecule has 0 heterocycles. The van der Waals surface area contributed by atoms with Gasteiger partial charge in [-0.05, 0) is 42.7 Å². The quantitative estimate of drug-likeness (QED) is 0.629. The number of rotatable bonds is 3.